The Kier molecular flexibility index (Phi) is 4.30. The van der Waals surface area contributed by atoms with E-state index in [0.29, 0.717) is 0 Å². The van der Waals surface area contributed by atoms with Crippen LogP contribution in [-0.2, 0) is 6.42 Å². The molecule has 1 aromatic heterocycles. The van der Waals surface area contributed by atoms with Crippen molar-refractivity contribution in [2.45, 2.75) is 19.4 Å². The van der Waals surface area contributed by atoms with E-state index in [-0.39, 0.29) is 11.9 Å². The molecule has 0 saturated carbocycles. The van der Waals surface area contributed by atoms with E-state index in [2.05, 4.69) is 33.7 Å². The molecule has 0 spiro atoms. The average Bonchev–Trinajstić information content (AvgIpc) is 2.46. The fourth-order valence-electron chi connectivity index (χ4n) is 1.98. The maximum atomic E-state index is 8.58. The van der Waals surface area contributed by atoms with Gasteiger partial charge in [0, 0.05) is 11.6 Å². The predicted octanol–water partition coefficient (Wildman–Crippen LogP) is 1.50. The number of fused-ring (bicyclic) bond motifs is 1. The molecule has 1 heterocycles. The van der Waals surface area contributed by atoms with E-state index in [0.717, 1.165) is 23.9 Å². The molecule has 0 aliphatic rings. The highest BCUT2D eigenvalue weighted by Crippen LogP contribution is 2.15. The second kappa shape index (κ2) is 6.15. The first-order chi connectivity index (χ1) is 9.22. The molecule has 1 unspecified atom stereocenters. The molecule has 19 heavy (non-hydrogen) atoms. The number of amidine groups is 1. The molecule has 0 radical (unpaired) electrons. The highest BCUT2D eigenvalue weighted by Gasteiger charge is 2.07. The van der Waals surface area contributed by atoms with E-state index in [4.69, 9.17) is 10.9 Å². The summed E-state index contributed by atoms with van der Waals surface area (Å²) in [5.41, 5.74) is 7.73. The number of aromatic nitrogens is 1. The minimum absolute atomic E-state index is 0.145. The Labute approximate surface area is 112 Å². The van der Waals surface area contributed by atoms with Crippen molar-refractivity contribution in [3.63, 3.8) is 0 Å². The zero-order valence-corrected chi connectivity index (χ0v) is 10.9. The zero-order chi connectivity index (χ0) is 13.7. The Hall–Kier alpha value is -2.14. The Morgan fingerprint density at radius 3 is 3.00 bits per heavy atom. The summed E-state index contributed by atoms with van der Waals surface area (Å²) in [6.45, 7) is 2.60. The van der Waals surface area contributed by atoms with Crippen LogP contribution in [0.4, 0.5) is 0 Å². The minimum atomic E-state index is -0.145. The second-order valence-corrected chi connectivity index (χ2v) is 4.44. The lowest BCUT2D eigenvalue weighted by Crippen LogP contribution is -2.39. The van der Waals surface area contributed by atoms with Crippen LogP contribution in [0, 0.1) is 0 Å². The molecule has 5 nitrogen and oxygen atoms in total. The molecule has 0 fully saturated rings. The summed E-state index contributed by atoms with van der Waals surface area (Å²) in [6.07, 6.45) is 2.65. The molecule has 0 saturated heterocycles. The quantitative estimate of drug-likeness (QED) is 0.328. The van der Waals surface area contributed by atoms with Gasteiger partial charge in [-0.15, -0.1) is 0 Å². The lowest BCUT2D eigenvalue weighted by Gasteiger charge is -2.12. The predicted molar refractivity (Wildman–Crippen MR) is 76.3 cm³/mol. The van der Waals surface area contributed by atoms with Gasteiger partial charge in [-0.25, -0.2) is 0 Å². The summed E-state index contributed by atoms with van der Waals surface area (Å²) in [4.78, 5) is 4.41. The van der Waals surface area contributed by atoms with Gasteiger partial charge < -0.3 is 16.3 Å². The molecule has 1 aromatic carbocycles. The number of para-hydroxylation sites is 1. The summed E-state index contributed by atoms with van der Waals surface area (Å²) in [6, 6.07) is 10.0. The van der Waals surface area contributed by atoms with Crippen molar-refractivity contribution in [3.05, 3.63) is 42.1 Å². The Morgan fingerprint density at radius 2 is 2.21 bits per heavy atom. The van der Waals surface area contributed by atoms with E-state index in [1.165, 1.54) is 5.56 Å². The molecule has 0 aliphatic heterocycles. The van der Waals surface area contributed by atoms with Gasteiger partial charge in [-0.2, -0.15) is 0 Å². The first kappa shape index (κ1) is 13.3. The number of hydrogen-bond donors (Lipinski definition) is 3. The number of nitrogens with two attached hydrogens (primary N) is 1. The molecule has 100 valence electrons. The molecule has 0 bridgehead atoms. The van der Waals surface area contributed by atoms with Crippen molar-refractivity contribution >= 4 is 16.7 Å². The Bertz CT molecular complexity index is 577. The summed E-state index contributed by atoms with van der Waals surface area (Å²) >= 11 is 0. The Morgan fingerprint density at radius 1 is 1.42 bits per heavy atom. The van der Waals surface area contributed by atoms with Crippen LogP contribution in [0.2, 0.25) is 0 Å². The van der Waals surface area contributed by atoms with Crippen molar-refractivity contribution in [2.24, 2.45) is 10.9 Å². The summed E-state index contributed by atoms with van der Waals surface area (Å²) in [7, 11) is 0. The Balaban J connectivity index is 2.02. The van der Waals surface area contributed by atoms with E-state index < -0.39 is 0 Å². The lowest BCUT2D eigenvalue weighted by molar-refractivity contribution is 0.315. The number of pyridine rings is 1. The van der Waals surface area contributed by atoms with Gasteiger partial charge in [0.15, 0.2) is 5.84 Å². The van der Waals surface area contributed by atoms with Crippen LogP contribution in [0.25, 0.3) is 10.9 Å². The monoisotopic (exact) mass is 258 g/mol. The minimum Gasteiger partial charge on any atom is -0.409 e. The fraction of sp³-hybridized carbons (Fsp3) is 0.286. The number of hydrogen-bond acceptors (Lipinski definition) is 4. The second-order valence-electron chi connectivity index (χ2n) is 4.44. The molecule has 2 rings (SSSR count). The van der Waals surface area contributed by atoms with Crippen LogP contribution < -0.4 is 11.1 Å². The molecule has 5 heteroatoms. The highest BCUT2D eigenvalue weighted by atomic mass is 16.4. The van der Waals surface area contributed by atoms with Gasteiger partial charge in [-0.05, 0) is 31.5 Å². The van der Waals surface area contributed by atoms with Crippen molar-refractivity contribution in [1.82, 2.24) is 10.3 Å². The van der Waals surface area contributed by atoms with Crippen LogP contribution in [0.3, 0.4) is 0 Å². The van der Waals surface area contributed by atoms with Gasteiger partial charge >= 0.3 is 0 Å². The van der Waals surface area contributed by atoms with Gasteiger partial charge in [0.2, 0.25) is 0 Å². The maximum Gasteiger partial charge on any atom is 0.156 e. The average molecular weight is 258 g/mol. The van der Waals surface area contributed by atoms with Crippen molar-refractivity contribution in [3.8, 4) is 0 Å². The smallest absolute Gasteiger partial charge is 0.156 e. The molecule has 0 aliphatic carbocycles. The molecule has 1 atom stereocenters. The first-order valence-corrected chi connectivity index (χ1v) is 6.26. The zero-order valence-electron chi connectivity index (χ0n) is 10.9. The van der Waals surface area contributed by atoms with Gasteiger partial charge in [0.05, 0.1) is 11.6 Å². The SMILES string of the molecule is CC(NCCc1cccc2cccnc12)/C(N)=N/O. The van der Waals surface area contributed by atoms with Crippen LogP contribution in [0.15, 0.2) is 41.7 Å². The van der Waals surface area contributed by atoms with Crippen LogP contribution >= 0.6 is 0 Å². The van der Waals surface area contributed by atoms with Crippen LogP contribution in [0.1, 0.15) is 12.5 Å². The third-order valence-electron chi connectivity index (χ3n) is 3.12. The maximum absolute atomic E-state index is 8.58. The van der Waals surface area contributed by atoms with E-state index in [9.17, 15) is 0 Å². The third kappa shape index (κ3) is 3.20. The summed E-state index contributed by atoms with van der Waals surface area (Å²) < 4.78 is 0. The first-order valence-electron chi connectivity index (χ1n) is 6.26. The van der Waals surface area contributed by atoms with Gasteiger partial charge in [0.1, 0.15) is 0 Å². The van der Waals surface area contributed by atoms with Crippen LogP contribution in [0.5, 0.6) is 0 Å². The van der Waals surface area contributed by atoms with Gasteiger partial charge in [0.25, 0.3) is 0 Å². The van der Waals surface area contributed by atoms with Crippen molar-refractivity contribution in [1.29, 1.82) is 0 Å². The molecule has 0 amide bonds. The largest absolute Gasteiger partial charge is 0.409 e. The van der Waals surface area contributed by atoms with Crippen LogP contribution in [-0.4, -0.2) is 28.6 Å². The van der Waals surface area contributed by atoms with E-state index >= 15 is 0 Å². The number of nitrogens with zero attached hydrogens (tertiary/aromatic N) is 2. The van der Waals surface area contributed by atoms with Gasteiger partial charge in [-0.1, -0.05) is 29.4 Å². The summed E-state index contributed by atoms with van der Waals surface area (Å²) in [5, 5.41) is 15.9. The topological polar surface area (TPSA) is 83.5 Å². The highest BCUT2D eigenvalue weighted by molar-refractivity contribution is 5.84. The lowest BCUT2D eigenvalue weighted by atomic mass is 10.1. The standard InChI is InChI=1S/C14H18N4O/c1-10(14(15)18-19)16-9-7-12-5-2-4-11-6-3-8-17-13(11)12/h2-6,8,10,16,19H,7,9H2,1H3,(H2,15,18). The van der Waals surface area contributed by atoms with E-state index in [1.54, 1.807) is 6.20 Å². The van der Waals surface area contributed by atoms with Crippen molar-refractivity contribution < 1.29 is 5.21 Å². The number of nitrogens with one attached hydrogen (secondary N) is 1. The molecule has 4 N–H and O–H groups in total. The third-order valence-corrected chi connectivity index (χ3v) is 3.12. The van der Waals surface area contributed by atoms with Gasteiger partial charge in [-0.3, -0.25) is 4.98 Å². The normalized spacial score (nSPS) is 13.6. The van der Waals surface area contributed by atoms with E-state index in [1.807, 2.05) is 19.1 Å². The number of oxime groups is 1. The fourth-order valence-corrected chi connectivity index (χ4v) is 1.98. The van der Waals surface area contributed by atoms with Crippen molar-refractivity contribution in [2.75, 3.05) is 6.54 Å². The molecular formula is C14H18N4O. The number of rotatable bonds is 5. The molecular weight excluding hydrogens is 240 g/mol. The molecule has 2 aromatic rings. The number of benzene rings is 1. The summed E-state index contributed by atoms with van der Waals surface area (Å²) in [5.74, 6) is 0.191.